The number of hydrogen-bond donors (Lipinski definition) is 6. The minimum absolute atomic E-state index is 0.141. The average molecular weight is 1320 g/mol. The summed E-state index contributed by atoms with van der Waals surface area (Å²) in [6.07, 6.45) is -1.39. The number of benzene rings is 14. The predicted octanol–water partition coefficient (Wildman–Crippen LogP) is 22.4. The summed E-state index contributed by atoms with van der Waals surface area (Å²) in [6, 6.07) is 102. The van der Waals surface area contributed by atoms with Crippen LogP contribution in [0.5, 0.6) is 0 Å². The fourth-order valence-corrected chi connectivity index (χ4v) is 16.4. The second kappa shape index (κ2) is 22.6. The van der Waals surface area contributed by atoms with Gasteiger partial charge < -0.3 is 26.5 Å². The third-order valence-corrected chi connectivity index (χ3v) is 21.3. The molecule has 8 heterocycles. The fraction of sp³-hybridized carbons (Fsp3) is 0.0667. The topological polar surface area (TPSA) is 151 Å². The normalized spacial score (nSPS) is 18.4. The van der Waals surface area contributed by atoms with Crippen LogP contribution in [0.25, 0.3) is 165 Å². The molecule has 2 aliphatic rings. The minimum Gasteiger partial charge on any atom is -0.456 e. The first-order valence-electron chi connectivity index (χ1n) is 34.8. The maximum absolute atomic E-state index is 6.99. The van der Waals surface area contributed by atoms with E-state index in [-0.39, 0.29) is 37.0 Å². The molecule has 6 unspecified atom stereocenters. The van der Waals surface area contributed by atoms with E-state index in [9.17, 15) is 0 Å². The molecule has 0 saturated carbocycles. The van der Waals surface area contributed by atoms with Crippen molar-refractivity contribution in [3.05, 3.63) is 325 Å². The zero-order chi connectivity index (χ0) is 66.7. The van der Waals surface area contributed by atoms with Gasteiger partial charge in [-0.15, -0.1) is 0 Å². The summed E-state index contributed by atoms with van der Waals surface area (Å²) in [6.45, 7) is 0. The van der Waals surface area contributed by atoms with Gasteiger partial charge in [0.15, 0.2) is 0 Å². The maximum Gasteiger partial charge on any atom is 0.143 e. The van der Waals surface area contributed by atoms with Crippen molar-refractivity contribution in [2.24, 2.45) is 0 Å². The van der Waals surface area contributed by atoms with Gasteiger partial charge in [-0.3, -0.25) is 31.9 Å². The molecule has 0 bridgehead atoms. The van der Waals surface area contributed by atoms with Gasteiger partial charge in [-0.25, -0.2) is 0 Å². The number of nitrogens with one attached hydrogen (secondary N) is 6. The van der Waals surface area contributed by atoms with Crippen LogP contribution in [0.2, 0.25) is 0 Å². The molecule has 0 aliphatic carbocycles. The molecule has 6 N–H and O–H groups in total. The van der Waals surface area contributed by atoms with Gasteiger partial charge in [0, 0.05) is 75.8 Å². The number of para-hydroxylation sites is 5. The van der Waals surface area contributed by atoms with Gasteiger partial charge >= 0.3 is 0 Å². The number of furan rings is 6. The molecule has 102 heavy (non-hydrogen) atoms. The Morgan fingerprint density at radius 3 is 1.09 bits per heavy atom. The van der Waals surface area contributed by atoms with Crippen molar-refractivity contribution in [2.75, 3.05) is 0 Å². The number of fused-ring (bicyclic) bond motifs is 18. The first kappa shape index (κ1) is 57.5. The standard InChI is InChI=1S/C90H60N6O6/c1-2-14-49(15-3-1)85-91-87(96-90(92-85)57-32-38-64-61-18-4-7-26-72(61)98-81(64)48-57)55-34-40-76-70(44-55)66-37-31-52(47-80(66)100-76)60-23-12-25-68-82-58(21-13-29-78(82)102-84(60)68)50-16-10-17-53(42-50)86-93-88(54-33-39-75-69(43-54)63-20-6-8-27-73(63)97-75)95-89(94-86)56-35-41-77-71(45-56)65-36-30-51(46-79(65)99-77)59-22-11-24-67-62-19-5-9-28-74(62)101-83(59)67/h1-48,85-96H. The van der Waals surface area contributed by atoms with Gasteiger partial charge in [-0.1, -0.05) is 194 Å². The molecule has 0 spiro atoms. The third-order valence-electron chi connectivity index (χ3n) is 21.3. The summed E-state index contributed by atoms with van der Waals surface area (Å²) in [5.74, 6) is 0. The van der Waals surface area contributed by atoms with Crippen molar-refractivity contribution in [3.8, 4) is 33.4 Å². The van der Waals surface area contributed by atoms with Crippen molar-refractivity contribution < 1.29 is 26.5 Å². The lowest BCUT2D eigenvalue weighted by atomic mass is 9.95. The highest BCUT2D eigenvalue weighted by atomic mass is 16.3. The smallest absolute Gasteiger partial charge is 0.143 e. The van der Waals surface area contributed by atoms with Crippen LogP contribution in [0, 0.1) is 0 Å². The largest absolute Gasteiger partial charge is 0.456 e. The minimum atomic E-state index is -0.293. The highest BCUT2D eigenvalue weighted by Crippen LogP contribution is 2.45. The molecule has 0 radical (unpaired) electrons. The molecule has 2 saturated heterocycles. The van der Waals surface area contributed by atoms with Crippen LogP contribution >= 0.6 is 0 Å². The SMILES string of the molecule is c1ccc(C2NC(c3ccc4c(c3)oc3ccccc34)NC(c3ccc4oc5cc(-c6cccc7c6oc6cccc(-c8cccc(C9NC(c%10ccc%11oc%12ccccc%12c%11c%10)NC(c%10ccc%11oc%12cc(-c%13cccc%14c%13oc%13ccccc%13%14)ccc%12c%11c%10)N9)c8)c67)ccc5c4c3)N2)cc1. The van der Waals surface area contributed by atoms with Crippen molar-refractivity contribution >= 4 is 132 Å². The Balaban J connectivity index is 0.587. The van der Waals surface area contributed by atoms with Crippen molar-refractivity contribution in [2.45, 2.75) is 37.0 Å². The molecular formula is C90H60N6O6. The van der Waals surface area contributed by atoms with Crippen molar-refractivity contribution in [1.82, 2.24) is 31.9 Å². The van der Waals surface area contributed by atoms with Crippen LogP contribution in [0.3, 0.4) is 0 Å². The van der Waals surface area contributed by atoms with E-state index >= 15 is 0 Å². The lowest BCUT2D eigenvalue weighted by molar-refractivity contribution is 0.203. The van der Waals surface area contributed by atoms with Crippen LogP contribution in [-0.4, -0.2) is 0 Å². The molecule has 20 aromatic rings. The lowest BCUT2D eigenvalue weighted by Gasteiger charge is -2.39. The highest BCUT2D eigenvalue weighted by molar-refractivity contribution is 6.17. The Kier molecular flexibility index (Phi) is 12.7. The summed E-state index contributed by atoms with van der Waals surface area (Å²) in [4.78, 5) is 0. The molecule has 12 nitrogen and oxygen atoms in total. The van der Waals surface area contributed by atoms with Crippen LogP contribution in [0.4, 0.5) is 0 Å². The van der Waals surface area contributed by atoms with E-state index < -0.39 is 0 Å². The second-order valence-corrected chi connectivity index (χ2v) is 27.2. The van der Waals surface area contributed by atoms with Crippen molar-refractivity contribution in [1.29, 1.82) is 0 Å². The predicted molar refractivity (Wildman–Crippen MR) is 407 cm³/mol. The van der Waals surface area contributed by atoms with E-state index in [0.29, 0.717) is 0 Å². The van der Waals surface area contributed by atoms with Gasteiger partial charge in [0.1, 0.15) is 67.0 Å². The van der Waals surface area contributed by atoms with E-state index in [4.69, 9.17) is 26.5 Å². The molecule has 486 valence electrons. The van der Waals surface area contributed by atoms with Gasteiger partial charge in [0.05, 0.1) is 37.0 Å². The zero-order valence-electron chi connectivity index (χ0n) is 54.6. The highest BCUT2D eigenvalue weighted by Gasteiger charge is 2.33. The van der Waals surface area contributed by atoms with Crippen LogP contribution in [-0.2, 0) is 0 Å². The molecular weight excluding hydrogens is 1260 g/mol. The summed E-state index contributed by atoms with van der Waals surface area (Å²) in [7, 11) is 0. The lowest BCUT2D eigenvalue weighted by Crippen LogP contribution is -2.54. The van der Waals surface area contributed by atoms with Gasteiger partial charge in [-0.05, 0) is 153 Å². The molecule has 12 heteroatoms. The first-order chi connectivity index (χ1) is 50.4. The van der Waals surface area contributed by atoms with Crippen molar-refractivity contribution in [3.63, 3.8) is 0 Å². The zero-order valence-corrected chi connectivity index (χ0v) is 54.6. The van der Waals surface area contributed by atoms with E-state index in [1.807, 2.05) is 36.4 Å². The van der Waals surface area contributed by atoms with Gasteiger partial charge in [0.2, 0.25) is 0 Å². The molecule has 14 aromatic carbocycles. The monoisotopic (exact) mass is 1320 g/mol. The molecule has 0 amide bonds. The molecule has 2 fully saturated rings. The first-order valence-corrected chi connectivity index (χ1v) is 34.8. The average Bonchev–Trinajstić information content (AvgIpc) is 1.59. The Labute approximate surface area is 581 Å². The quantitative estimate of drug-likeness (QED) is 0.0816. The van der Waals surface area contributed by atoms with E-state index in [0.717, 1.165) is 198 Å². The maximum atomic E-state index is 6.99. The Hall–Kier alpha value is -12.4. The van der Waals surface area contributed by atoms with Crippen LogP contribution in [0.1, 0.15) is 70.4 Å². The summed E-state index contributed by atoms with van der Waals surface area (Å²) in [5.41, 5.74) is 22.9. The van der Waals surface area contributed by atoms with Gasteiger partial charge in [0.25, 0.3) is 0 Å². The number of rotatable bonds is 9. The van der Waals surface area contributed by atoms with E-state index in [2.05, 4.69) is 287 Å². The Morgan fingerprint density at radius 2 is 0.510 bits per heavy atom. The fourth-order valence-electron chi connectivity index (χ4n) is 16.4. The summed E-state index contributed by atoms with van der Waals surface area (Å²) >= 11 is 0. The molecule has 2 aliphatic heterocycles. The van der Waals surface area contributed by atoms with E-state index in [1.165, 1.54) is 0 Å². The van der Waals surface area contributed by atoms with E-state index in [1.54, 1.807) is 0 Å². The number of hydrogen-bond acceptors (Lipinski definition) is 12. The van der Waals surface area contributed by atoms with Crippen LogP contribution in [0.15, 0.2) is 318 Å². The Bertz CT molecular complexity index is 6810. The molecule has 6 aromatic heterocycles. The summed E-state index contributed by atoms with van der Waals surface area (Å²) < 4.78 is 39.6. The molecule has 22 rings (SSSR count). The molecule has 6 atom stereocenters. The van der Waals surface area contributed by atoms with Gasteiger partial charge in [-0.2, -0.15) is 0 Å². The second-order valence-electron chi connectivity index (χ2n) is 27.2. The Morgan fingerprint density at radius 1 is 0.176 bits per heavy atom. The summed E-state index contributed by atoms with van der Waals surface area (Å²) in [5, 5.41) is 36.5. The third kappa shape index (κ3) is 9.25. The van der Waals surface area contributed by atoms with Crippen LogP contribution < -0.4 is 31.9 Å².